The van der Waals surface area contributed by atoms with Crippen LogP contribution in [-0.4, -0.2) is 33.4 Å². The highest BCUT2D eigenvalue weighted by Crippen LogP contribution is 2.22. The fourth-order valence-electron chi connectivity index (χ4n) is 3.64. The molecule has 0 radical (unpaired) electrons. The van der Waals surface area contributed by atoms with Crippen LogP contribution in [0.1, 0.15) is 37.6 Å². The predicted octanol–water partition coefficient (Wildman–Crippen LogP) is 3.60. The van der Waals surface area contributed by atoms with Gasteiger partial charge in [-0.15, -0.1) is 0 Å². The maximum Gasteiger partial charge on any atom is 0.242 e. The van der Waals surface area contributed by atoms with Crippen LogP contribution in [0.25, 0.3) is 0 Å². The first-order valence-electron chi connectivity index (χ1n) is 9.28. The van der Waals surface area contributed by atoms with Gasteiger partial charge in [0.1, 0.15) is 12.4 Å². The molecule has 0 saturated carbocycles. The number of aryl methyl sites for hydroxylation is 2. The van der Waals surface area contributed by atoms with Crippen molar-refractivity contribution in [3.8, 4) is 0 Å². The van der Waals surface area contributed by atoms with Gasteiger partial charge in [0.25, 0.3) is 0 Å². The standard InChI is InChI=1S/C20H25F2N3O/c1-2-19-23-9-11-24(19)14-20(26)25-10-3-4-16(13-25)6-5-15-7-8-17(21)18(22)12-15/h7-9,11-12,16H,2-6,10,13-14H2,1H3/t16-/m0/s1. The molecule has 0 aliphatic carbocycles. The average Bonchev–Trinajstić information content (AvgIpc) is 3.10. The second-order valence-corrected chi connectivity index (χ2v) is 6.96. The zero-order valence-corrected chi connectivity index (χ0v) is 15.1. The zero-order chi connectivity index (χ0) is 18.5. The third kappa shape index (κ3) is 4.48. The van der Waals surface area contributed by atoms with Gasteiger partial charge in [-0.3, -0.25) is 4.79 Å². The molecule has 1 aromatic carbocycles. The number of piperidine rings is 1. The molecule has 1 atom stereocenters. The molecule has 4 nitrogen and oxygen atoms in total. The highest BCUT2D eigenvalue weighted by atomic mass is 19.2. The van der Waals surface area contributed by atoms with Crippen LogP contribution in [0.3, 0.4) is 0 Å². The maximum absolute atomic E-state index is 13.3. The van der Waals surface area contributed by atoms with Gasteiger partial charge in [-0.2, -0.15) is 0 Å². The number of nitrogens with zero attached hydrogens (tertiary/aromatic N) is 3. The van der Waals surface area contributed by atoms with Gasteiger partial charge in [-0.1, -0.05) is 13.0 Å². The molecule has 1 fully saturated rings. The Morgan fingerprint density at radius 1 is 1.31 bits per heavy atom. The molecular weight excluding hydrogens is 336 g/mol. The summed E-state index contributed by atoms with van der Waals surface area (Å²) in [6, 6.07) is 4.08. The summed E-state index contributed by atoms with van der Waals surface area (Å²) in [4.78, 5) is 18.8. The minimum atomic E-state index is -0.811. The number of aromatic nitrogens is 2. The number of benzene rings is 1. The van der Waals surface area contributed by atoms with Gasteiger partial charge in [0, 0.05) is 31.9 Å². The monoisotopic (exact) mass is 361 g/mol. The Kier molecular flexibility index (Phi) is 6.01. The average molecular weight is 361 g/mol. The van der Waals surface area contributed by atoms with E-state index in [4.69, 9.17) is 0 Å². The number of imidazole rings is 1. The van der Waals surface area contributed by atoms with Gasteiger partial charge in [-0.25, -0.2) is 13.8 Å². The molecule has 1 aliphatic heterocycles. The van der Waals surface area contributed by atoms with Gasteiger partial charge >= 0.3 is 0 Å². The first-order valence-corrected chi connectivity index (χ1v) is 9.28. The topological polar surface area (TPSA) is 38.1 Å². The summed E-state index contributed by atoms with van der Waals surface area (Å²) in [5.74, 6) is -0.168. The van der Waals surface area contributed by atoms with Crippen LogP contribution in [0.4, 0.5) is 8.78 Å². The van der Waals surface area contributed by atoms with Crippen molar-refractivity contribution in [2.45, 2.75) is 45.6 Å². The van der Waals surface area contributed by atoms with E-state index in [1.807, 2.05) is 22.6 Å². The molecule has 0 bridgehead atoms. The van der Waals surface area contributed by atoms with Crippen LogP contribution < -0.4 is 0 Å². The van der Waals surface area contributed by atoms with Gasteiger partial charge in [-0.05, 0) is 49.3 Å². The number of hydrogen-bond donors (Lipinski definition) is 0. The van der Waals surface area contributed by atoms with E-state index >= 15 is 0 Å². The molecule has 3 rings (SSSR count). The molecule has 2 aromatic rings. The van der Waals surface area contributed by atoms with Crippen molar-refractivity contribution in [1.82, 2.24) is 14.5 Å². The second-order valence-electron chi connectivity index (χ2n) is 6.96. The van der Waals surface area contributed by atoms with Crippen LogP contribution >= 0.6 is 0 Å². The van der Waals surface area contributed by atoms with E-state index in [0.29, 0.717) is 18.9 Å². The summed E-state index contributed by atoms with van der Waals surface area (Å²) in [7, 11) is 0. The molecule has 0 unspecified atom stereocenters. The van der Waals surface area contributed by atoms with Crippen LogP contribution in [0.5, 0.6) is 0 Å². The normalized spacial score (nSPS) is 17.5. The lowest BCUT2D eigenvalue weighted by Crippen LogP contribution is -2.41. The number of carbonyl (C=O) groups is 1. The van der Waals surface area contributed by atoms with E-state index in [9.17, 15) is 13.6 Å². The summed E-state index contributed by atoms with van der Waals surface area (Å²) in [5, 5.41) is 0. The molecule has 0 N–H and O–H groups in total. The Hall–Kier alpha value is -2.24. The summed E-state index contributed by atoms with van der Waals surface area (Å²) in [6.45, 7) is 3.88. The number of likely N-dealkylation sites (tertiary alicyclic amines) is 1. The van der Waals surface area contributed by atoms with Crippen LogP contribution in [0, 0.1) is 17.6 Å². The number of hydrogen-bond acceptors (Lipinski definition) is 2. The highest BCUT2D eigenvalue weighted by Gasteiger charge is 2.24. The molecule has 1 amide bonds. The van der Waals surface area contributed by atoms with Crippen molar-refractivity contribution in [2.75, 3.05) is 13.1 Å². The Bertz CT molecular complexity index is 759. The van der Waals surface area contributed by atoms with Gasteiger partial charge in [0.2, 0.25) is 5.91 Å². The number of amides is 1. The highest BCUT2D eigenvalue weighted by molar-refractivity contribution is 5.76. The zero-order valence-electron chi connectivity index (χ0n) is 15.1. The molecule has 26 heavy (non-hydrogen) atoms. The molecule has 2 heterocycles. The van der Waals surface area contributed by atoms with E-state index in [0.717, 1.165) is 50.2 Å². The molecule has 1 aromatic heterocycles. The van der Waals surface area contributed by atoms with E-state index in [1.165, 1.54) is 12.1 Å². The summed E-state index contributed by atoms with van der Waals surface area (Å²) in [6.07, 6.45) is 8.01. The molecule has 140 valence electrons. The minimum Gasteiger partial charge on any atom is -0.341 e. The van der Waals surface area contributed by atoms with Crippen molar-refractivity contribution in [3.05, 3.63) is 53.6 Å². The van der Waals surface area contributed by atoms with Gasteiger partial charge in [0.05, 0.1) is 0 Å². The SMILES string of the molecule is CCc1nccn1CC(=O)N1CCC[C@@H](CCc2ccc(F)c(F)c2)C1. The van der Waals surface area contributed by atoms with E-state index < -0.39 is 11.6 Å². The Balaban J connectivity index is 1.53. The molecule has 0 spiro atoms. The third-order valence-electron chi connectivity index (χ3n) is 5.12. The van der Waals surface area contributed by atoms with Gasteiger partial charge in [0.15, 0.2) is 11.6 Å². The summed E-state index contributed by atoms with van der Waals surface area (Å²) < 4.78 is 28.2. The minimum absolute atomic E-state index is 0.121. The van der Waals surface area contributed by atoms with E-state index in [-0.39, 0.29) is 5.91 Å². The first-order chi connectivity index (χ1) is 12.6. The smallest absolute Gasteiger partial charge is 0.242 e. The van der Waals surface area contributed by atoms with E-state index in [1.54, 1.807) is 12.3 Å². The Morgan fingerprint density at radius 3 is 2.92 bits per heavy atom. The maximum atomic E-state index is 13.3. The lowest BCUT2D eigenvalue weighted by Gasteiger charge is -2.33. The first kappa shape index (κ1) is 18.5. The quantitative estimate of drug-likeness (QED) is 0.789. The Morgan fingerprint density at radius 2 is 2.15 bits per heavy atom. The number of rotatable bonds is 6. The fourth-order valence-corrected chi connectivity index (χ4v) is 3.64. The van der Waals surface area contributed by atoms with E-state index in [2.05, 4.69) is 4.98 Å². The lowest BCUT2D eigenvalue weighted by molar-refractivity contribution is -0.133. The largest absolute Gasteiger partial charge is 0.341 e. The van der Waals surface area contributed by atoms with Crippen molar-refractivity contribution in [3.63, 3.8) is 0 Å². The Labute approximate surface area is 152 Å². The van der Waals surface area contributed by atoms with Crippen molar-refractivity contribution in [1.29, 1.82) is 0 Å². The molecular formula is C20H25F2N3O. The van der Waals surface area contributed by atoms with Gasteiger partial charge < -0.3 is 9.47 Å². The predicted molar refractivity (Wildman–Crippen MR) is 95.6 cm³/mol. The number of carbonyl (C=O) groups excluding carboxylic acids is 1. The molecule has 1 aliphatic rings. The van der Waals surface area contributed by atoms with Crippen molar-refractivity contribution < 1.29 is 13.6 Å². The van der Waals surface area contributed by atoms with Crippen LogP contribution in [-0.2, 0) is 24.2 Å². The summed E-state index contributed by atoms with van der Waals surface area (Å²) in [5.41, 5.74) is 0.804. The lowest BCUT2D eigenvalue weighted by atomic mass is 9.91. The summed E-state index contributed by atoms with van der Waals surface area (Å²) >= 11 is 0. The third-order valence-corrected chi connectivity index (χ3v) is 5.12. The molecule has 6 heteroatoms. The second kappa shape index (κ2) is 8.43. The van der Waals surface area contributed by atoms with Crippen LogP contribution in [0.2, 0.25) is 0 Å². The van der Waals surface area contributed by atoms with Crippen LogP contribution in [0.15, 0.2) is 30.6 Å². The fraction of sp³-hybridized carbons (Fsp3) is 0.500. The van der Waals surface area contributed by atoms with Crippen molar-refractivity contribution >= 4 is 5.91 Å². The van der Waals surface area contributed by atoms with Crippen molar-refractivity contribution in [2.24, 2.45) is 5.92 Å². The number of halogens is 2. The molecule has 1 saturated heterocycles.